The van der Waals surface area contributed by atoms with Gasteiger partial charge in [0.25, 0.3) is 0 Å². The van der Waals surface area contributed by atoms with Gasteiger partial charge in [-0.25, -0.2) is 0 Å². The number of carbonyl (C=O) groups excluding carboxylic acids is 1. The number of benzene rings is 1. The van der Waals surface area contributed by atoms with Crippen molar-refractivity contribution in [1.29, 1.82) is 0 Å². The molecule has 2 rings (SSSR count). The normalized spacial score (nSPS) is 16.3. The molecule has 1 aliphatic rings. The second-order valence-corrected chi connectivity index (χ2v) is 7.90. The number of nitrogens with zero attached hydrogens (tertiary/aromatic N) is 3. The van der Waals surface area contributed by atoms with Crippen molar-refractivity contribution in [2.45, 2.75) is 34.2 Å². The number of piperazine rings is 1. The van der Waals surface area contributed by atoms with Crippen molar-refractivity contribution < 1.29 is 4.79 Å². The molecule has 1 saturated heterocycles. The average Bonchev–Trinajstić information content (AvgIpc) is 2.63. The summed E-state index contributed by atoms with van der Waals surface area (Å²) in [5.41, 5.74) is 2.21. The molecule has 1 amide bonds. The van der Waals surface area contributed by atoms with E-state index in [0.717, 1.165) is 38.7 Å². The van der Waals surface area contributed by atoms with Crippen LogP contribution in [-0.2, 0) is 11.3 Å². The van der Waals surface area contributed by atoms with Crippen LogP contribution in [0.3, 0.4) is 0 Å². The summed E-state index contributed by atoms with van der Waals surface area (Å²) in [5, 5.41) is 6.29. The van der Waals surface area contributed by atoms with E-state index in [0.29, 0.717) is 13.1 Å². The van der Waals surface area contributed by atoms with Crippen LogP contribution in [0.2, 0.25) is 0 Å². The van der Waals surface area contributed by atoms with E-state index in [2.05, 4.69) is 56.6 Å². The van der Waals surface area contributed by atoms with E-state index in [4.69, 9.17) is 0 Å². The summed E-state index contributed by atoms with van der Waals surface area (Å²) in [4.78, 5) is 21.4. The van der Waals surface area contributed by atoms with Crippen LogP contribution >= 0.6 is 0 Å². The van der Waals surface area contributed by atoms with Crippen molar-refractivity contribution in [3.05, 3.63) is 35.4 Å². The van der Waals surface area contributed by atoms with Gasteiger partial charge in [0.15, 0.2) is 5.96 Å². The van der Waals surface area contributed by atoms with Gasteiger partial charge in [0.1, 0.15) is 0 Å². The maximum atomic E-state index is 12.2. The molecule has 1 aromatic rings. The molecule has 1 aliphatic heterocycles. The molecule has 0 radical (unpaired) electrons. The highest BCUT2D eigenvalue weighted by Gasteiger charge is 2.28. The van der Waals surface area contributed by atoms with Crippen molar-refractivity contribution in [3.8, 4) is 0 Å². The lowest BCUT2D eigenvalue weighted by Gasteiger charge is -2.37. The van der Waals surface area contributed by atoms with Crippen LogP contribution < -0.4 is 10.6 Å². The molecule has 2 N–H and O–H groups in total. The first kappa shape index (κ1) is 21.2. The molecular formula is C21H35N5O. The lowest BCUT2D eigenvalue weighted by Crippen LogP contribution is -2.54. The molecule has 1 heterocycles. The van der Waals surface area contributed by atoms with Gasteiger partial charge in [0, 0.05) is 52.9 Å². The van der Waals surface area contributed by atoms with E-state index < -0.39 is 5.41 Å². The van der Waals surface area contributed by atoms with Gasteiger partial charge in [-0.15, -0.1) is 0 Å². The molecular weight excluding hydrogens is 338 g/mol. The van der Waals surface area contributed by atoms with Crippen molar-refractivity contribution in [1.82, 2.24) is 20.4 Å². The summed E-state index contributed by atoms with van der Waals surface area (Å²) < 4.78 is 0. The van der Waals surface area contributed by atoms with E-state index in [1.807, 2.05) is 20.8 Å². The third-order valence-corrected chi connectivity index (χ3v) is 5.01. The van der Waals surface area contributed by atoms with Gasteiger partial charge in [-0.1, -0.05) is 29.8 Å². The molecule has 150 valence electrons. The molecule has 0 aromatic heterocycles. The Balaban J connectivity index is 1.83. The zero-order valence-electron chi connectivity index (χ0n) is 17.5. The molecule has 0 atom stereocenters. The van der Waals surface area contributed by atoms with E-state index in [-0.39, 0.29) is 5.91 Å². The molecule has 1 aromatic carbocycles. The van der Waals surface area contributed by atoms with E-state index in [1.165, 1.54) is 11.1 Å². The minimum absolute atomic E-state index is 0.0657. The second kappa shape index (κ2) is 9.74. The highest BCUT2D eigenvalue weighted by atomic mass is 16.2. The first-order valence-electron chi connectivity index (χ1n) is 9.87. The minimum Gasteiger partial charge on any atom is -0.356 e. The summed E-state index contributed by atoms with van der Waals surface area (Å²) >= 11 is 0. The van der Waals surface area contributed by atoms with E-state index in [9.17, 15) is 4.79 Å². The number of rotatable bonds is 6. The number of nitrogens with one attached hydrogen (secondary N) is 2. The summed E-state index contributed by atoms with van der Waals surface area (Å²) in [6.45, 7) is 14.1. The standard InChI is InChI=1S/C21H35N5O/c1-6-23-19(27)21(3,4)16-24-20(22-5)26-12-10-25(11-13-26)15-18-9-7-8-17(2)14-18/h7-9,14H,6,10-13,15-16H2,1-5H3,(H,22,24)(H,23,27). The Morgan fingerprint density at radius 2 is 1.89 bits per heavy atom. The maximum absolute atomic E-state index is 12.2. The van der Waals surface area contributed by atoms with Crippen LogP contribution in [-0.4, -0.2) is 68.0 Å². The van der Waals surface area contributed by atoms with Gasteiger partial charge in [0.2, 0.25) is 5.91 Å². The summed E-state index contributed by atoms with van der Waals surface area (Å²) in [6.07, 6.45) is 0. The highest BCUT2D eigenvalue weighted by Crippen LogP contribution is 2.14. The highest BCUT2D eigenvalue weighted by molar-refractivity contribution is 5.84. The Kier molecular flexibility index (Phi) is 7.66. The zero-order chi connectivity index (χ0) is 19.9. The molecule has 0 saturated carbocycles. The van der Waals surface area contributed by atoms with Crippen molar-refractivity contribution in [3.63, 3.8) is 0 Å². The lowest BCUT2D eigenvalue weighted by molar-refractivity contribution is -0.128. The Hall–Kier alpha value is -2.08. The Morgan fingerprint density at radius 1 is 1.19 bits per heavy atom. The number of carbonyl (C=O) groups is 1. The topological polar surface area (TPSA) is 60.0 Å². The summed E-state index contributed by atoms with van der Waals surface area (Å²) in [7, 11) is 1.81. The average molecular weight is 374 g/mol. The maximum Gasteiger partial charge on any atom is 0.227 e. The molecule has 0 bridgehead atoms. The molecule has 27 heavy (non-hydrogen) atoms. The number of aryl methyl sites for hydroxylation is 1. The third kappa shape index (κ3) is 6.24. The fourth-order valence-electron chi connectivity index (χ4n) is 3.30. The van der Waals surface area contributed by atoms with Crippen LogP contribution in [0.5, 0.6) is 0 Å². The van der Waals surface area contributed by atoms with Crippen LogP contribution in [0.15, 0.2) is 29.3 Å². The van der Waals surface area contributed by atoms with Gasteiger partial charge in [-0.05, 0) is 33.3 Å². The van der Waals surface area contributed by atoms with Crippen LogP contribution in [0.4, 0.5) is 0 Å². The second-order valence-electron chi connectivity index (χ2n) is 7.90. The fourth-order valence-corrected chi connectivity index (χ4v) is 3.30. The van der Waals surface area contributed by atoms with Gasteiger partial charge in [-0.3, -0.25) is 14.7 Å². The molecule has 6 nitrogen and oxygen atoms in total. The summed E-state index contributed by atoms with van der Waals surface area (Å²) in [5.74, 6) is 0.943. The largest absolute Gasteiger partial charge is 0.356 e. The molecule has 1 fully saturated rings. The number of hydrogen-bond acceptors (Lipinski definition) is 3. The molecule has 6 heteroatoms. The van der Waals surface area contributed by atoms with Gasteiger partial charge in [0.05, 0.1) is 5.41 Å². The van der Waals surface area contributed by atoms with Crippen LogP contribution in [0.1, 0.15) is 31.9 Å². The van der Waals surface area contributed by atoms with Gasteiger partial charge >= 0.3 is 0 Å². The number of hydrogen-bond donors (Lipinski definition) is 2. The Morgan fingerprint density at radius 3 is 2.48 bits per heavy atom. The van der Waals surface area contributed by atoms with Crippen molar-refractivity contribution >= 4 is 11.9 Å². The zero-order valence-corrected chi connectivity index (χ0v) is 17.5. The smallest absolute Gasteiger partial charge is 0.227 e. The lowest BCUT2D eigenvalue weighted by atomic mass is 9.92. The number of amides is 1. The summed E-state index contributed by atoms with van der Waals surface area (Å²) in [6, 6.07) is 8.72. The molecule has 0 unspecified atom stereocenters. The van der Waals surface area contributed by atoms with Crippen molar-refractivity contribution in [2.24, 2.45) is 10.4 Å². The first-order chi connectivity index (χ1) is 12.9. The Bertz CT molecular complexity index is 648. The Labute approximate surface area is 164 Å². The van der Waals surface area contributed by atoms with Crippen LogP contribution in [0, 0.1) is 12.3 Å². The van der Waals surface area contributed by atoms with Gasteiger partial charge in [-0.2, -0.15) is 0 Å². The number of guanidine groups is 1. The van der Waals surface area contributed by atoms with Crippen molar-refractivity contribution in [2.75, 3.05) is 46.3 Å². The van der Waals surface area contributed by atoms with Gasteiger partial charge < -0.3 is 15.5 Å². The van der Waals surface area contributed by atoms with E-state index in [1.54, 1.807) is 7.05 Å². The fraction of sp³-hybridized carbons (Fsp3) is 0.619. The SMILES string of the molecule is CCNC(=O)C(C)(C)CNC(=NC)N1CCN(Cc2cccc(C)c2)CC1. The predicted molar refractivity (Wildman–Crippen MR) is 112 cm³/mol. The molecule has 0 spiro atoms. The van der Waals surface area contributed by atoms with Crippen LogP contribution in [0.25, 0.3) is 0 Å². The monoisotopic (exact) mass is 373 g/mol. The molecule has 0 aliphatic carbocycles. The minimum atomic E-state index is -0.473. The predicted octanol–water partition coefficient (Wildman–Crippen LogP) is 1.85. The first-order valence-corrected chi connectivity index (χ1v) is 9.87. The van der Waals surface area contributed by atoms with E-state index >= 15 is 0 Å². The number of aliphatic imine (C=N–C) groups is 1. The third-order valence-electron chi connectivity index (χ3n) is 5.01. The quantitative estimate of drug-likeness (QED) is 0.590.